The van der Waals surface area contributed by atoms with Crippen LogP contribution in [0.15, 0.2) is 66.7 Å². The number of pyridine rings is 2. The minimum absolute atomic E-state index is 0. The molecule has 7 nitrogen and oxygen atoms in total. The minimum Gasteiger partial charge on any atom is -0.872 e. The number of rotatable bonds is 4. The molecule has 2 heterocycles. The summed E-state index contributed by atoms with van der Waals surface area (Å²) in [5.41, 5.74) is 5.49. The van der Waals surface area contributed by atoms with Crippen molar-refractivity contribution in [2.75, 3.05) is 7.11 Å². The van der Waals surface area contributed by atoms with Gasteiger partial charge in [-0.05, 0) is 85.5 Å². The zero-order valence-electron chi connectivity index (χ0n) is 19.7. The zero-order valence-corrected chi connectivity index (χ0v) is 20.8. The van der Waals surface area contributed by atoms with Crippen LogP contribution in [-0.4, -0.2) is 23.0 Å². The van der Waals surface area contributed by atoms with Crippen LogP contribution in [0.25, 0.3) is 33.9 Å². The normalized spacial score (nSPS) is 9.94. The Bertz CT molecular complexity index is 1340. The smallest absolute Gasteiger partial charge is 0.872 e. The van der Waals surface area contributed by atoms with Crippen molar-refractivity contribution in [2.24, 2.45) is 0 Å². The minimum atomic E-state index is -1.08. The predicted molar refractivity (Wildman–Crippen MR) is 124 cm³/mol. The second kappa shape index (κ2) is 12.0. The van der Waals surface area contributed by atoms with E-state index in [1.54, 1.807) is 24.3 Å². The van der Waals surface area contributed by atoms with E-state index < -0.39 is 5.97 Å². The second-order valence-corrected chi connectivity index (χ2v) is 7.55. The van der Waals surface area contributed by atoms with E-state index in [1.165, 1.54) is 13.2 Å². The topological polar surface area (TPSA) is 121 Å². The number of aromatic nitrogens is 2. The van der Waals surface area contributed by atoms with Gasteiger partial charge in [-0.3, -0.25) is 0 Å². The van der Waals surface area contributed by atoms with Crippen LogP contribution in [0, 0.1) is 13.8 Å². The molecule has 0 spiro atoms. The molecule has 4 rings (SSSR count). The van der Waals surface area contributed by atoms with Gasteiger partial charge in [0.05, 0.1) is 29.9 Å². The van der Waals surface area contributed by atoms with Gasteiger partial charge in [-0.25, -0.2) is 9.97 Å². The standard InChI is InChI=1S/C25H22N2O3.C2H4O2.Mn/c1-15-10-13-23(28)25(16(15)2)22-9-5-8-21(27-22)20-7-4-6-19(26-20)18-12-11-17(30-3)14-24(18)29;1-2(3)4;/h4-14,28-29H,1-3H3;1H3,(H,3,4);/q;;+3/p-3. The van der Waals surface area contributed by atoms with Crippen LogP contribution in [0.1, 0.15) is 18.1 Å². The summed E-state index contributed by atoms with van der Waals surface area (Å²) < 4.78 is 5.11. The number of aryl methyl sites for hydroxylation is 1. The van der Waals surface area contributed by atoms with Crippen molar-refractivity contribution in [3.8, 4) is 51.2 Å². The Labute approximate surface area is 214 Å². The summed E-state index contributed by atoms with van der Waals surface area (Å²) in [6, 6.07) is 19.3. The third kappa shape index (κ3) is 6.59. The van der Waals surface area contributed by atoms with Crippen molar-refractivity contribution in [3.63, 3.8) is 0 Å². The number of carboxylic acid groups (broad SMARTS) is 1. The molecule has 0 aliphatic heterocycles. The van der Waals surface area contributed by atoms with Gasteiger partial charge in [0.2, 0.25) is 0 Å². The first-order chi connectivity index (χ1) is 16.2. The first-order valence-corrected chi connectivity index (χ1v) is 10.5. The van der Waals surface area contributed by atoms with Gasteiger partial charge in [0.1, 0.15) is 5.75 Å². The van der Waals surface area contributed by atoms with Gasteiger partial charge in [0, 0.05) is 5.97 Å². The molecule has 0 fully saturated rings. The zero-order chi connectivity index (χ0) is 24.8. The Kier molecular flexibility index (Phi) is 9.40. The van der Waals surface area contributed by atoms with E-state index in [2.05, 4.69) is 4.98 Å². The number of carbonyl (C=O) groups excluding carboxylic acids is 1. The Morgan fingerprint density at radius 3 is 1.91 bits per heavy atom. The summed E-state index contributed by atoms with van der Waals surface area (Å²) in [6.45, 7) is 4.88. The second-order valence-electron chi connectivity index (χ2n) is 7.55. The van der Waals surface area contributed by atoms with Gasteiger partial charge in [-0.1, -0.05) is 35.8 Å². The van der Waals surface area contributed by atoms with Gasteiger partial charge >= 0.3 is 17.1 Å². The molecule has 0 unspecified atom stereocenters. The molecule has 0 aliphatic rings. The Balaban J connectivity index is 0.000000804. The Hall–Kier alpha value is -3.87. The Morgan fingerprint density at radius 1 is 0.800 bits per heavy atom. The maximum Gasteiger partial charge on any atom is 3.00 e. The number of carbonyl (C=O) groups is 1. The third-order valence-corrected chi connectivity index (χ3v) is 5.18. The summed E-state index contributed by atoms with van der Waals surface area (Å²) in [6.07, 6.45) is 0. The fourth-order valence-corrected chi connectivity index (χ4v) is 3.39. The summed E-state index contributed by atoms with van der Waals surface area (Å²) in [5, 5.41) is 33.8. The molecule has 0 aliphatic carbocycles. The summed E-state index contributed by atoms with van der Waals surface area (Å²) in [7, 11) is 1.52. The Morgan fingerprint density at radius 2 is 1.34 bits per heavy atom. The van der Waals surface area contributed by atoms with Crippen molar-refractivity contribution in [3.05, 3.63) is 77.9 Å². The molecule has 0 atom stereocenters. The predicted octanol–water partition coefficient (Wildman–Crippen LogP) is 3.00. The average Bonchev–Trinajstić information content (AvgIpc) is 2.81. The number of hydrogen-bond acceptors (Lipinski definition) is 7. The average molecular weight is 510 g/mol. The molecule has 2 aromatic heterocycles. The molecule has 35 heavy (non-hydrogen) atoms. The van der Waals surface area contributed by atoms with Gasteiger partial charge in [0.15, 0.2) is 0 Å². The van der Waals surface area contributed by atoms with Crippen LogP contribution in [-0.2, 0) is 21.9 Å². The molecule has 2 aromatic carbocycles. The molecular weight excluding hydrogens is 487 g/mol. The van der Waals surface area contributed by atoms with E-state index in [0.29, 0.717) is 39.7 Å². The number of nitrogens with zero attached hydrogens (tertiary/aromatic N) is 2. The van der Waals surface area contributed by atoms with Gasteiger partial charge in [-0.15, -0.1) is 0 Å². The molecule has 4 aromatic rings. The summed E-state index contributed by atoms with van der Waals surface area (Å²) in [5.74, 6) is -0.790. The fourth-order valence-electron chi connectivity index (χ4n) is 3.39. The third-order valence-electron chi connectivity index (χ3n) is 5.18. The monoisotopic (exact) mass is 510 g/mol. The summed E-state index contributed by atoms with van der Waals surface area (Å²) >= 11 is 0. The van der Waals surface area contributed by atoms with Crippen molar-refractivity contribution >= 4 is 5.97 Å². The number of methoxy groups -OCH3 is 1. The molecule has 8 heteroatoms. The van der Waals surface area contributed by atoms with Crippen molar-refractivity contribution in [1.29, 1.82) is 0 Å². The number of carboxylic acids is 1. The van der Waals surface area contributed by atoms with E-state index in [9.17, 15) is 10.2 Å². The van der Waals surface area contributed by atoms with Crippen LogP contribution in [0.3, 0.4) is 0 Å². The molecule has 0 saturated carbocycles. The molecule has 178 valence electrons. The van der Waals surface area contributed by atoms with Crippen molar-refractivity contribution in [2.45, 2.75) is 20.8 Å². The molecular formula is C27H23MnN2O5. The van der Waals surface area contributed by atoms with Crippen LogP contribution in [0.5, 0.6) is 17.2 Å². The van der Waals surface area contributed by atoms with Gasteiger partial charge < -0.3 is 24.9 Å². The van der Waals surface area contributed by atoms with Gasteiger partial charge in [0.25, 0.3) is 0 Å². The van der Waals surface area contributed by atoms with Crippen LogP contribution >= 0.6 is 0 Å². The molecule has 0 N–H and O–H groups in total. The van der Waals surface area contributed by atoms with Crippen LogP contribution in [0.2, 0.25) is 0 Å². The van der Waals surface area contributed by atoms with E-state index >= 15 is 0 Å². The molecule has 0 bridgehead atoms. The molecule has 0 saturated heterocycles. The number of aliphatic carboxylic acids is 1. The maximum atomic E-state index is 12.5. The van der Waals surface area contributed by atoms with E-state index in [1.807, 2.05) is 50.2 Å². The number of hydrogen-bond donors (Lipinski definition) is 0. The quantitative estimate of drug-likeness (QED) is 0.387. The van der Waals surface area contributed by atoms with Crippen molar-refractivity contribution < 1.29 is 41.9 Å². The van der Waals surface area contributed by atoms with E-state index in [-0.39, 0.29) is 28.6 Å². The SMILES string of the molecule is CC(=O)[O-].COc1ccc(-c2cccc(-c3cccc(-c4c([O-])ccc(C)c4C)n3)n2)c([O-])c1.[Mn+3]. The fraction of sp³-hybridized carbons (Fsp3) is 0.148. The number of benzene rings is 2. The molecule has 0 radical (unpaired) electrons. The largest absolute Gasteiger partial charge is 3.00 e. The molecule has 0 amide bonds. The first kappa shape index (κ1) is 27.4. The number of ether oxygens (including phenoxy) is 1. The first-order valence-electron chi connectivity index (χ1n) is 10.5. The van der Waals surface area contributed by atoms with E-state index in [4.69, 9.17) is 19.6 Å². The van der Waals surface area contributed by atoms with Crippen LogP contribution in [0.4, 0.5) is 0 Å². The van der Waals surface area contributed by atoms with Gasteiger partial charge in [-0.2, -0.15) is 0 Å². The summed E-state index contributed by atoms with van der Waals surface area (Å²) in [4.78, 5) is 18.2. The van der Waals surface area contributed by atoms with Crippen LogP contribution < -0.4 is 20.1 Å². The van der Waals surface area contributed by atoms with Crippen molar-refractivity contribution in [1.82, 2.24) is 9.97 Å². The van der Waals surface area contributed by atoms with E-state index in [0.717, 1.165) is 18.1 Å². The maximum absolute atomic E-state index is 12.5.